The molecular formula is C10H20N2. The van der Waals surface area contributed by atoms with Gasteiger partial charge in [0.1, 0.15) is 0 Å². The summed E-state index contributed by atoms with van der Waals surface area (Å²) < 4.78 is 22.3. The smallest absolute Gasteiger partial charge is 0.0394 e. The highest BCUT2D eigenvalue weighted by molar-refractivity contribution is 4.96. The SMILES string of the molecule is [2H]C([2H])([2H])N1CC2CCC(C1)N2C(C)C. The lowest BCUT2D eigenvalue weighted by molar-refractivity contribution is 0.0567. The lowest BCUT2D eigenvalue weighted by Crippen LogP contribution is -2.54. The van der Waals surface area contributed by atoms with E-state index in [-0.39, 0.29) is 0 Å². The Labute approximate surface area is 79.7 Å². The third-order valence-corrected chi connectivity index (χ3v) is 3.13. The van der Waals surface area contributed by atoms with E-state index in [1.165, 1.54) is 0 Å². The zero-order valence-electron chi connectivity index (χ0n) is 11.0. The summed E-state index contributed by atoms with van der Waals surface area (Å²) in [7, 11) is 0. The van der Waals surface area contributed by atoms with Crippen molar-refractivity contribution in [2.24, 2.45) is 0 Å². The van der Waals surface area contributed by atoms with Gasteiger partial charge in [-0.05, 0) is 33.7 Å². The maximum Gasteiger partial charge on any atom is 0.0394 e. The summed E-state index contributed by atoms with van der Waals surface area (Å²) >= 11 is 0. The van der Waals surface area contributed by atoms with E-state index < -0.39 is 6.98 Å². The lowest BCUT2D eigenvalue weighted by atomic mass is 10.1. The van der Waals surface area contributed by atoms with Gasteiger partial charge in [0.2, 0.25) is 0 Å². The van der Waals surface area contributed by atoms with Crippen LogP contribution in [-0.2, 0) is 0 Å². The zero-order valence-corrected chi connectivity index (χ0v) is 7.95. The Hall–Kier alpha value is -0.0800. The van der Waals surface area contributed by atoms with Crippen LogP contribution in [0.2, 0.25) is 0 Å². The predicted octanol–water partition coefficient (Wildman–Crippen LogP) is 1.17. The van der Waals surface area contributed by atoms with Crippen LogP contribution in [0, 0.1) is 0 Å². The van der Waals surface area contributed by atoms with Gasteiger partial charge < -0.3 is 4.90 Å². The van der Waals surface area contributed by atoms with Gasteiger partial charge in [0, 0.05) is 35.3 Å². The number of likely N-dealkylation sites (tertiary alicyclic amines) is 1. The molecule has 2 heterocycles. The van der Waals surface area contributed by atoms with Crippen molar-refractivity contribution in [3.8, 4) is 0 Å². The van der Waals surface area contributed by atoms with Crippen molar-refractivity contribution in [3.05, 3.63) is 0 Å². The normalized spacial score (nSPS) is 42.8. The molecule has 0 spiro atoms. The van der Waals surface area contributed by atoms with Crippen LogP contribution >= 0.6 is 0 Å². The van der Waals surface area contributed by atoms with Crippen LogP contribution in [0.15, 0.2) is 0 Å². The van der Waals surface area contributed by atoms with E-state index in [1.54, 1.807) is 4.90 Å². The van der Waals surface area contributed by atoms with Crippen LogP contribution in [0.1, 0.15) is 30.8 Å². The highest BCUT2D eigenvalue weighted by atomic mass is 15.3. The fraction of sp³-hybridized carbons (Fsp3) is 1.00. The third kappa shape index (κ3) is 1.27. The first kappa shape index (κ1) is 5.61. The van der Waals surface area contributed by atoms with Crippen molar-refractivity contribution in [2.45, 2.75) is 44.8 Å². The van der Waals surface area contributed by atoms with E-state index >= 15 is 0 Å². The molecule has 2 saturated heterocycles. The molecule has 2 aliphatic rings. The largest absolute Gasteiger partial charge is 0.303 e. The summed E-state index contributed by atoms with van der Waals surface area (Å²) in [6, 6.07) is 1.47. The van der Waals surface area contributed by atoms with Gasteiger partial charge >= 0.3 is 0 Å². The Morgan fingerprint density at radius 1 is 1.25 bits per heavy atom. The molecule has 0 radical (unpaired) electrons. The summed E-state index contributed by atoms with van der Waals surface area (Å²) in [5.74, 6) is 0. The van der Waals surface area contributed by atoms with Crippen LogP contribution < -0.4 is 0 Å². The van der Waals surface area contributed by atoms with Gasteiger partial charge in [-0.25, -0.2) is 0 Å². The molecule has 0 aromatic carbocycles. The first-order chi connectivity index (χ1) is 6.89. The summed E-state index contributed by atoms with van der Waals surface area (Å²) in [6.45, 7) is 3.94. The van der Waals surface area contributed by atoms with Crippen LogP contribution in [0.3, 0.4) is 0 Å². The highest BCUT2D eigenvalue weighted by Gasteiger charge is 2.39. The van der Waals surface area contributed by atoms with Gasteiger partial charge in [0.25, 0.3) is 0 Å². The molecule has 2 bridgehead atoms. The Bertz CT molecular complexity index is 225. The first-order valence-electron chi connectivity index (χ1n) is 6.42. The number of nitrogens with zero attached hydrogens (tertiary/aromatic N) is 2. The Balaban J connectivity index is 2.08. The minimum atomic E-state index is -1.90. The second-order valence-electron chi connectivity index (χ2n) is 4.33. The topological polar surface area (TPSA) is 6.48 Å². The minimum Gasteiger partial charge on any atom is -0.303 e. The molecule has 0 aromatic rings. The van der Waals surface area contributed by atoms with Crippen molar-refractivity contribution in [3.63, 3.8) is 0 Å². The predicted molar refractivity (Wildman–Crippen MR) is 51.3 cm³/mol. The van der Waals surface area contributed by atoms with Crippen molar-refractivity contribution in [2.75, 3.05) is 20.1 Å². The minimum absolute atomic E-state index is 0.462. The average molecular weight is 171 g/mol. The fourth-order valence-electron chi connectivity index (χ4n) is 2.78. The van der Waals surface area contributed by atoms with Gasteiger partial charge in [0.05, 0.1) is 0 Å². The van der Waals surface area contributed by atoms with E-state index in [1.807, 2.05) is 0 Å². The van der Waals surface area contributed by atoms with E-state index in [4.69, 9.17) is 4.11 Å². The van der Waals surface area contributed by atoms with Crippen LogP contribution in [-0.4, -0.2) is 48.0 Å². The Morgan fingerprint density at radius 2 is 1.83 bits per heavy atom. The second-order valence-corrected chi connectivity index (χ2v) is 4.33. The molecule has 2 aliphatic heterocycles. The quantitative estimate of drug-likeness (QED) is 0.584. The highest BCUT2D eigenvalue weighted by Crippen LogP contribution is 2.30. The molecule has 2 rings (SSSR count). The molecule has 0 amide bonds. The number of likely N-dealkylation sites (N-methyl/N-ethyl adjacent to an activating group) is 1. The maximum absolute atomic E-state index is 7.45. The molecule has 2 heteroatoms. The molecule has 2 fully saturated rings. The molecule has 0 aliphatic carbocycles. The zero-order chi connectivity index (χ0) is 11.2. The number of piperazine rings is 1. The maximum atomic E-state index is 7.45. The van der Waals surface area contributed by atoms with E-state index in [0.29, 0.717) is 31.2 Å². The molecular weight excluding hydrogens is 148 g/mol. The van der Waals surface area contributed by atoms with Gasteiger partial charge in [-0.15, -0.1) is 0 Å². The average Bonchev–Trinajstić information content (AvgIpc) is 2.35. The molecule has 12 heavy (non-hydrogen) atoms. The molecule has 0 aromatic heterocycles. The third-order valence-electron chi connectivity index (χ3n) is 3.13. The standard InChI is InChI=1S/C10H20N2/c1-8(2)12-9-4-5-10(12)7-11(3)6-9/h8-10H,4-7H2,1-3H3/i3D3. The van der Waals surface area contributed by atoms with E-state index in [2.05, 4.69) is 18.7 Å². The molecule has 2 unspecified atom stereocenters. The molecule has 0 saturated carbocycles. The summed E-state index contributed by atoms with van der Waals surface area (Å²) in [5, 5.41) is 0. The van der Waals surface area contributed by atoms with Crippen LogP contribution in [0.4, 0.5) is 0 Å². The first-order valence-corrected chi connectivity index (χ1v) is 4.92. The summed E-state index contributed by atoms with van der Waals surface area (Å²) in [6.07, 6.45) is 2.32. The van der Waals surface area contributed by atoms with Crippen LogP contribution in [0.25, 0.3) is 0 Å². The molecule has 0 N–H and O–H groups in total. The van der Waals surface area contributed by atoms with E-state index in [9.17, 15) is 0 Å². The molecule has 2 atom stereocenters. The molecule has 2 nitrogen and oxygen atoms in total. The number of fused-ring (bicyclic) bond motifs is 2. The van der Waals surface area contributed by atoms with Crippen molar-refractivity contribution in [1.82, 2.24) is 9.80 Å². The van der Waals surface area contributed by atoms with E-state index in [0.717, 1.165) is 12.8 Å². The second kappa shape index (κ2) is 3.00. The summed E-state index contributed by atoms with van der Waals surface area (Å²) in [5.41, 5.74) is 0. The van der Waals surface area contributed by atoms with Gasteiger partial charge in [-0.1, -0.05) is 0 Å². The monoisotopic (exact) mass is 171 g/mol. The Morgan fingerprint density at radius 3 is 2.25 bits per heavy atom. The number of hydrogen-bond donors (Lipinski definition) is 0. The van der Waals surface area contributed by atoms with Crippen molar-refractivity contribution < 1.29 is 4.11 Å². The number of rotatable bonds is 1. The van der Waals surface area contributed by atoms with Crippen molar-refractivity contribution >= 4 is 0 Å². The van der Waals surface area contributed by atoms with Gasteiger partial charge in [0.15, 0.2) is 0 Å². The fourth-order valence-corrected chi connectivity index (χ4v) is 2.78. The van der Waals surface area contributed by atoms with Crippen LogP contribution in [0.5, 0.6) is 0 Å². The van der Waals surface area contributed by atoms with Gasteiger partial charge in [-0.3, -0.25) is 4.90 Å². The summed E-state index contributed by atoms with van der Waals surface area (Å²) in [4.78, 5) is 4.18. The number of hydrogen-bond acceptors (Lipinski definition) is 2. The lowest BCUT2D eigenvalue weighted by Gasteiger charge is -2.41. The van der Waals surface area contributed by atoms with Gasteiger partial charge in [-0.2, -0.15) is 0 Å². The molecule has 70 valence electrons. The van der Waals surface area contributed by atoms with Crippen molar-refractivity contribution in [1.29, 1.82) is 0 Å². The Kier molecular flexibility index (Phi) is 1.40.